The van der Waals surface area contributed by atoms with Gasteiger partial charge >= 0.3 is 0 Å². The van der Waals surface area contributed by atoms with E-state index in [9.17, 15) is 4.79 Å². The van der Waals surface area contributed by atoms with Crippen LogP contribution >= 0.6 is 0 Å². The van der Waals surface area contributed by atoms with Gasteiger partial charge in [-0.2, -0.15) is 0 Å². The Morgan fingerprint density at radius 3 is 2.85 bits per heavy atom. The molecular weight excluding hydrogens is 246 g/mol. The molecule has 0 aromatic heterocycles. The number of fused-ring (bicyclic) bond motifs is 2. The van der Waals surface area contributed by atoms with E-state index < -0.39 is 0 Å². The Kier molecular flexibility index (Phi) is 3.64. The number of hydrogen-bond acceptors (Lipinski definition) is 1. The van der Waals surface area contributed by atoms with Crippen molar-refractivity contribution in [2.75, 3.05) is 13.1 Å². The number of likely N-dealkylation sites (tertiary alicyclic amines) is 1. The van der Waals surface area contributed by atoms with E-state index in [4.69, 9.17) is 0 Å². The minimum absolute atomic E-state index is 0.0887. The van der Waals surface area contributed by atoms with E-state index in [0.717, 1.165) is 19.5 Å². The predicted octanol–water partition coefficient (Wildman–Crippen LogP) is 3.46. The zero-order valence-corrected chi connectivity index (χ0v) is 12.1. The summed E-state index contributed by atoms with van der Waals surface area (Å²) in [6.07, 6.45) is 8.72. The average Bonchev–Trinajstić information content (AvgIpc) is 2.67. The second-order valence-electron chi connectivity index (χ2n) is 6.21. The molecule has 1 fully saturated rings. The van der Waals surface area contributed by atoms with E-state index in [-0.39, 0.29) is 11.3 Å². The fraction of sp³-hybridized carbons (Fsp3) is 0.500. The van der Waals surface area contributed by atoms with Crippen LogP contribution in [-0.2, 0) is 16.6 Å². The summed E-state index contributed by atoms with van der Waals surface area (Å²) in [5.41, 5.74) is 3.18. The van der Waals surface area contributed by atoms with Crippen LogP contribution < -0.4 is 0 Å². The third-order valence-electron chi connectivity index (χ3n) is 5.00. The molecular formula is C18H23NO. The lowest BCUT2D eigenvalue weighted by Crippen LogP contribution is -2.48. The van der Waals surface area contributed by atoms with Gasteiger partial charge in [0.15, 0.2) is 0 Å². The number of amides is 1. The summed E-state index contributed by atoms with van der Waals surface area (Å²) in [5.74, 6) is 0.0887. The molecule has 1 heterocycles. The van der Waals surface area contributed by atoms with E-state index in [2.05, 4.69) is 30.8 Å². The van der Waals surface area contributed by atoms with Gasteiger partial charge in [0.25, 0.3) is 0 Å². The topological polar surface area (TPSA) is 20.3 Å². The summed E-state index contributed by atoms with van der Waals surface area (Å²) in [6, 6.07) is 8.87. The van der Waals surface area contributed by atoms with Gasteiger partial charge in [0.2, 0.25) is 5.91 Å². The number of hydrogen-bond donors (Lipinski definition) is 0. The van der Waals surface area contributed by atoms with Gasteiger partial charge in [0.05, 0.1) is 0 Å². The van der Waals surface area contributed by atoms with Crippen LogP contribution in [0.2, 0.25) is 0 Å². The summed E-state index contributed by atoms with van der Waals surface area (Å²) in [5, 5.41) is 0. The zero-order valence-electron chi connectivity index (χ0n) is 12.1. The molecule has 1 aliphatic heterocycles. The first-order chi connectivity index (χ1) is 9.75. The molecule has 106 valence electrons. The maximum atomic E-state index is 12.0. The van der Waals surface area contributed by atoms with Crippen LogP contribution in [0.1, 0.15) is 43.2 Å². The second kappa shape index (κ2) is 5.43. The quantitative estimate of drug-likeness (QED) is 0.715. The van der Waals surface area contributed by atoms with E-state index in [1.165, 1.54) is 49.3 Å². The number of nitrogens with zero attached hydrogens (tertiary/aromatic N) is 1. The Hall–Kier alpha value is -1.57. The predicted molar refractivity (Wildman–Crippen MR) is 81.7 cm³/mol. The Balaban J connectivity index is 1.98. The number of benzene rings is 1. The maximum Gasteiger partial charge on any atom is 0.245 e. The van der Waals surface area contributed by atoms with Crippen molar-refractivity contribution in [2.45, 2.75) is 43.9 Å². The van der Waals surface area contributed by atoms with Crippen LogP contribution in [0.25, 0.3) is 0 Å². The summed E-state index contributed by atoms with van der Waals surface area (Å²) in [7, 11) is 0. The molecule has 1 aromatic rings. The SMILES string of the molecule is C=CC(=O)N1CCCC2(CCCCc3ccccc32)C1. The number of rotatable bonds is 1. The Morgan fingerprint density at radius 1 is 1.20 bits per heavy atom. The lowest BCUT2D eigenvalue weighted by Gasteiger charge is -2.43. The van der Waals surface area contributed by atoms with Crippen LogP contribution in [0.4, 0.5) is 0 Å². The monoisotopic (exact) mass is 269 g/mol. The summed E-state index contributed by atoms with van der Waals surface area (Å²) >= 11 is 0. The Morgan fingerprint density at radius 2 is 2.00 bits per heavy atom. The first kappa shape index (κ1) is 13.4. The third kappa shape index (κ3) is 2.28. The van der Waals surface area contributed by atoms with Gasteiger partial charge in [-0.25, -0.2) is 0 Å². The Bertz CT molecular complexity index is 522. The van der Waals surface area contributed by atoms with E-state index in [0.29, 0.717) is 0 Å². The molecule has 1 unspecified atom stereocenters. The van der Waals surface area contributed by atoms with Gasteiger partial charge in [0.1, 0.15) is 0 Å². The van der Waals surface area contributed by atoms with Crippen LogP contribution in [0.15, 0.2) is 36.9 Å². The van der Waals surface area contributed by atoms with Crippen molar-refractivity contribution in [3.05, 3.63) is 48.0 Å². The smallest absolute Gasteiger partial charge is 0.245 e. The van der Waals surface area contributed by atoms with Crippen molar-refractivity contribution in [2.24, 2.45) is 0 Å². The molecule has 1 aliphatic carbocycles. The zero-order chi connectivity index (χ0) is 14.0. The first-order valence-corrected chi connectivity index (χ1v) is 7.75. The molecule has 0 radical (unpaired) electrons. The molecule has 2 aliphatic rings. The lowest BCUT2D eigenvalue weighted by atomic mass is 9.70. The molecule has 1 atom stereocenters. The van der Waals surface area contributed by atoms with Crippen molar-refractivity contribution >= 4 is 5.91 Å². The Labute approximate surface area is 121 Å². The molecule has 1 aromatic carbocycles. The highest BCUT2D eigenvalue weighted by molar-refractivity contribution is 5.87. The number of aryl methyl sites for hydroxylation is 1. The van der Waals surface area contributed by atoms with Crippen LogP contribution in [0, 0.1) is 0 Å². The summed E-state index contributed by atoms with van der Waals surface area (Å²) in [4.78, 5) is 14.0. The molecule has 1 spiro atoms. The standard InChI is InChI=1S/C18H23NO/c1-2-17(20)19-13-7-12-18(14-19)11-6-5-9-15-8-3-4-10-16(15)18/h2-4,8,10H,1,5-7,9,11-14H2. The van der Waals surface area contributed by atoms with E-state index in [1.807, 2.05) is 4.90 Å². The molecule has 2 heteroatoms. The van der Waals surface area contributed by atoms with Crippen LogP contribution in [-0.4, -0.2) is 23.9 Å². The minimum Gasteiger partial charge on any atom is -0.338 e. The average molecular weight is 269 g/mol. The summed E-state index contributed by atoms with van der Waals surface area (Å²) < 4.78 is 0. The number of carbonyl (C=O) groups excluding carboxylic acids is 1. The van der Waals surface area contributed by atoms with Crippen molar-refractivity contribution in [1.29, 1.82) is 0 Å². The molecule has 0 N–H and O–H groups in total. The molecule has 3 rings (SSSR count). The molecule has 1 saturated heterocycles. The van der Waals surface area contributed by atoms with Gasteiger partial charge in [-0.05, 0) is 49.3 Å². The van der Waals surface area contributed by atoms with Gasteiger partial charge in [-0.1, -0.05) is 37.3 Å². The molecule has 0 saturated carbocycles. The van der Waals surface area contributed by atoms with Gasteiger partial charge in [-0.3, -0.25) is 4.79 Å². The van der Waals surface area contributed by atoms with E-state index >= 15 is 0 Å². The first-order valence-electron chi connectivity index (χ1n) is 7.75. The largest absolute Gasteiger partial charge is 0.338 e. The van der Waals surface area contributed by atoms with Crippen LogP contribution in [0.5, 0.6) is 0 Å². The normalized spacial score (nSPS) is 25.9. The fourth-order valence-electron chi connectivity index (χ4n) is 4.04. The highest BCUT2D eigenvalue weighted by atomic mass is 16.2. The highest BCUT2D eigenvalue weighted by Crippen LogP contribution is 2.42. The minimum atomic E-state index is 0.0887. The molecule has 0 bridgehead atoms. The van der Waals surface area contributed by atoms with E-state index in [1.54, 1.807) is 0 Å². The van der Waals surface area contributed by atoms with Crippen molar-refractivity contribution in [3.63, 3.8) is 0 Å². The highest BCUT2D eigenvalue weighted by Gasteiger charge is 2.39. The fourth-order valence-corrected chi connectivity index (χ4v) is 4.04. The molecule has 2 nitrogen and oxygen atoms in total. The van der Waals surface area contributed by atoms with Crippen molar-refractivity contribution in [3.8, 4) is 0 Å². The lowest BCUT2D eigenvalue weighted by molar-refractivity contribution is -0.128. The second-order valence-corrected chi connectivity index (χ2v) is 6.21. The molecule has 1 amide bonds. The van der Waals surface area contributed by atoms with Gasteiger partial charge < -0.3 is 4.90 Å². The number of piperidine rings is 1. The third-order valence-corrected chi connectivity index (χ3v) is 5.00. The summed E-state index contributed by atoms with van der Waals surface area (Å²) in [6.45, 7) is 5.39. The maximum absolute atomic E-state index is 12.0. The van der Waals surface area contributed by atoms with Crippen molar-refractivity contribution in [1.82, 2.24) is 4.90 Å². The van der Waals surface area contributed by atoms with Crippen molar-refractivity contribution < 1.29 is 4.79 Å². The molecule has 20 heavy (non-hydrogen) atoms. The van der Waals surface area contributed by atoms with Gasteiger partial charge in [0, 0.05) is 18.5 Å². The van der Waals surface area contributed by atoms with Gasteiger partial charge in [-0.15, -0.1) is 0 Å². The number of carbonyl (C=O) groups is 1. The van der Waals surface area contributed by atoms with Crippen LogP contribution in [0.3, 0.4) is 0 Å².